The third-order valence-electron chi connectivity index (χ3n) is 8.21. The molecule has 2 saturated heterocycles. The lowest BCUT2D eigenvalue weighted by molar-refractivity contribution is 0.197. The van der Waals surface area contributed by atoms with E-state index in [4.69, 9.17) is 5.10 Å². The molecule has 6 atom stereocenters. The van der Waals surface area contributed by atoms with Crippen LogP contribution in [-0.2, 0) is 12.0 Å². The van der Waals surface area contributed by atoms with Gasteiger partial charge < -0.3 is 0 Å². The van der Waals surface area contributed by atoms with Crippen LogP contribution in [0.3, 0.4) is 0 Å². The average Bonchev–Trinajstić information content (AvgIpc) is 3.24. The highest BCUT2D eigenvalue weighted by Crippen LogP contribution is 2.55. The highest BCUT2D eigenvalue weighted by molar-refractivity contribution is 5.13. The molecular weight excluding hydrogens is 332 g/mol. The molecule has 1 aromatic heterocycles. The predicted molar refractivity (Wildman–Crippen MR) is 110 cm³/mol. The average molecular weight is 371 g/mol. The molecule has 4 nitrogen and oxygen atoms in total. The smallest absolute Gasteiger partial charge is 0.0575 e. The fourth-order valence-electron chi connectivity index (χ4n) is 6.35. The Morgan fingerprint density at radius 3 is 2.63 bits per heavy atom. The van der Waals surface area contributed by atoms with Crippen molar-refractivity contribution in [2.24, 2.45) is 23.7 Å². The summed E-state index contributed by atoms with van der Waals surface area (Å²) >= 11 is 0. The molecule has 1 aromatic rings. The summed E-state index contributed by atoms with van der Waals surface area (Å²) in [4.78, 5) is 5.44. The monoisotopic (exact) mass is 370 g/mol. The van der Waals surface area contributed by atoms with Gasteiger partial charge in [0.1, 0.15) is 0 Å². The van der Waals surface area contributed by atoms with Crippen LogP contribution in [0.5, 0.6) is 0 Å². The first-order valence-corrected chi connectivity index (χ1v) is 11.4. The Morgan fingerprint density at radius 2 is 1.93 bits per heavy atom. The van der Waals surface area contributed by atoms with Crippen LogP contribution in [0.15, 0.2) is 12.4 Å². The van der Waals surface area contributed by atoms with E-state index in [-0.39, 0.29) is 5.54 Å². The number of aromatic nitrogens is 2. The van der Waals surface area contributed by atoms with Gasteiger partial charge in [-0.25, -0.2) is 0 Å². The summed E-state index contributed by atoms with van der Waals surface area (Å²) in [7, 11) is 0. The van der Waals surface area contributed by atoms with Crippen LogP contribution in [-0.4, -0.2) is 57.3 Å². The van der Waals surface area contributed by atoms with E-state index < -0.39 is 0 Å². The fourth-order valence-corrected chi connectivity index (χ4v) is 6.35. The second-order valence-electron chi connectivity index (χ2n) is 11.0. The molecule has 0 radical (unpaired) electrons. The summed E-state index contributed by atoms with van der Waals surface area (Å²) in [6, 6.07) is 2.20. The first kappa shape index (κ1) is 18.2. The molecule has 4 aliphatic rings. The standard InChI is InChI=1S/C23H38N4/c1-15(2)26-7-6-20-21(22(20)26)10-23(4,5)27-12-17(11-24-27)8-16(3)25-13-18-9-19(18)14-25/h11-12,15-16,18-22H,6-10,13-14H2,1-5H3. The van der Waals surface area contributed by atoms with E-state index in [1.807, 2.05) is 0 Å². The summed E-state index contributed by atoms with van der Waals surface area (Å²) in [5.74, 6) is 3.87. The van der Waals surface area contributed by atoms with Crippen molar-refractivity contribution in [3.63, 3.8) is 0 Å². The van der Waals surface area contributed by atoms with Gasteiger partial charge in [-0.05, 0) is 96.1 Å². The third-order valence-corrected chi connectivity index (χ3v) is 8.21. The van der Waals surface area contributed by atoms with Crippen LogP contribution in [0, 0.1) is 23.7 Å². The second-order valence-corrected chi connectivity index (χ2v) is 11.0. The van der Waals surface area contributed by atoms with Gasteiger partial charge in [-0.1, -0.05) is 0 Å². The first-order chi connectivity index (χ1) is 12.8. The van der Waals surface area contributed by atoms with Crippen LogP contribution in [0.2, 0.25) is 0 Å². The minimum Gasteiger partial charge on any atom is -0.300 e. The zero-order chi connectivity index (χ0) is 18.9. The molecule has 3 heterocycles. The van der Waals surface area contributed by atoms with Crippen molar-refractivity contribution in [3.05, 3.63) is 18.0 Å². The maximum Gasteiger partial charge on any atom is 0.0575 e. The number of nitrogens with zero attached hydrogens (tertiary/aromatic N) is 4. The molecule has 2 aliphatic heterocycles. The minimum absolute atomic E-state index is 0.119. The van der Waals surface area contributed by atoms with Crippen molar-refractivity contribution in [3.8, 4) is 0 Å². The number of hydrogen-bond acceptors (Lipinski definition) is 3. The number of rotatable bonds is 7. The van der Waals surface area contributed by atoms with Crippen molar-refractivity contribution in [2.45, 2.75) is 84.0 Å². The number of likely N-dealkylation sites (tertiary alicyclic amines) is 2. The van der Waals surface area contributed by atoms with Gasteiger partial charge in [0.05, 0.1) is 11.7 Å². The van der Waals surface area contributed by atoms with Gasteiger partial charge in [0, 0.05) is 37.4 Å². The quantitative estimate of drug-likeness (QED) is 0.733. The Morgan fingerprint density at radius 1 is 1.19 bits per heavy atom. The normalized spacial score (nSPS) is 36.9. The van der Waals surface area contributed by atoms with Crippen LogP contribution >= 0.6 is 0 Å². The van der Waals surface area contributed by atoms with E-state index in [1.54, 1.807) is 0 Å². The molecule has 0 aromatic carbocycles. The zero-order valence-electron chi connectivity index (χ0n) is 17.9. The number of hydrogen-bond donors (Lipinski definition) is 0. The Labute approximate surface area is 165 Å². The molecule has 0 N–H and O–H groups in total. The Hall–Kier alpha value is -0.870. The van der Waals surface area contributed by atoms with Crippen LogP contribution in [0.1, 0.15) is 59.4 Å². The fraction of sp³-hybridized carbons (Fsp3) is 0.870. The van der Waals surface area contributed by atoms with Gasteiger partial charge in [0.2, 0.25) is 0 Å². The van der Waals surface area contributed by atoms with Gasteiger partial charge in [0.25, 0.3) is 0 Å². The third kappa shape index (κ3) is 3.27. The molecule has 0 bridgehead atoms. The van der Waals surface area contributed by atoms with Gasteiger partial charge in [-0.15, -0.1) is 0 Å². The highest BCUT2D eigenvalue weighted by Gasteiger charge is 2.58. The summed E-state index contributed by atoms with van der Waals surface area (Å²) in [6.45, 7) is 15.9. The largest absolute Gasteiger partial charge is 0.300 e. The molecule has 6 unspecified atom stereocenters. The van der Waals surface area contributed by atoms with Crippen LogP contribution in [0.25, 0.3) is 0 Å². The van der Waals surface area contributed by atoms with E-state index in [1.165, 1.54) is 44.5 Å². The maximum atomic E-state index is 4.80. The zero-order valence-corrected chi connectivity index (χ0v) is 17.9. The summed E-state index contributed by atoms with van der Waals surface area (Å²) in [5, 5.41) is 4.80. The van der Waals surface area contributed by atoms with E-state index in [2.05, 4.69) is 61.5 Å². The Balaban J connectivity index is 1.19. The van der Waals surface area contributed by atoms with Crippen molar-refractivity contribution < 1.29 is 0 Å². The summed E-state index contributed by atoms with van der Waals surface area (Å²) in [6.07, 6.45) is 9.77. The molecule has 5 rings (SSSR count). The first-order valence-electron chi connectivity index (χ1n) is 11.4. The Kier molecular flexibility index (Phi) is 4.25. The van der Waals surface area contributed by atoms with E-state index in [0.717, 1.165) is 36.1 Å². The topological polar surface area (TPSA) is 24.3 Å². The molecule has 0 amide bonds. The molecule has 2 saturated carbocycles. The lowest BCUT2D eigenvalue weighted by Gasteiger charge is -2.29. The molecule has 2 aliphatic carbocycles. The minimum atomic E-state index is 0.119. The van der Waals surface area contributed by atoms with Crippen molar-refractivity contribution in [1.82, 2.24) is 19.6 Å². The van der Waals surface area contributed by atoms with Gasteiger partial charge in [-0.3, -0.25) is 14.5 Å². The van der Waals surface area contributed by atoms with E-state index in [0.29, 0.717) is 12.1 Å². The molecule has 27 heavy (non-hydrogen) atoms. The number of piperidine rings is 2. The van der Waals surface area contributed by atoms with E-state index >= 15 is 0 Å². The summed E-state index contributed by atoms with van der Waals surface area (Å²) < 4.78 is 2.27. The molecule has 0 spiro atoms. The molecule has 150 valence electrons. The van der Waals surface area contributed by atoms with E-state index in [9.17, 15) is 0 Å². The van der Waals surface area contributed by atoms with Gasteiger partial charge >= 0.3 is 0 Å². The maximum absolute atomic E-state index is 4.80. The van der Waals surface area contributed by atoms with Crippen LogP contribution < -0.4 is 0 Å². The predicted octanol–water partition coefficient (Wildman–Crippen LogP) is 3.62. The van der Waals surface area contributed by atoms with Gasteiger partial charge in [0.15, 0.2) is 0 Å². The van der Waals surface area contributed by atoms with Crippen molar-refractivity contribution in [2.75, 3.05) is 19.6 Å². The summed E-state index contributed by atoms with van der Waals surface area (Å²) in [5.41, 5.74) is 1.53. The van der Waals surface area contributed by atoms with Crippen molar-refractivity contribution >= 4 is 0 Å². The lowest BCUT2D eigenvalue weighted by atomic mass is 9.95. The van der Waals surface area contributed by atoms with Crippen LogP contribution in [0.4, 0.5) is 0 Å². The molecule has 4 heteroatoms. The van der Waals surface area contributed by atoms with Gasteiger partial charge in [-0.2, -0.15) is 5.10 Å². The molecular formula is C23H38N4. The highest BCUT2D eigenvalue weighted by atomic mass is 15.3. The number of fused-ring (bicyclic) bond motifs is 2. The lowest BCUT2D eigenvalue weighted by Crippen LogP contribution is -2.34. The Bertz CT molecular complexity index is 682. The molecule has 4 fully saturated rings. The SMILES string of the molecule is CC(Cc1cnn(C(C)(C)CC2C3CCN(C(C)C)C32)c1)N1CC2CC2C1. The second kappa shape index (κ2) is 6.32. The van der Waals surface area contributed by atoms with Crippen molar-refractivity contribution in [1.29, 1.82) is 0 Å².